The van der Waals surface area contributed by atoms with Gasteiger partial charge in [0.25, 0.3) is 11.5 Å². The van der Waals surface area contributed by atoms with Crippen molar-refractivity contribution < 1.29 is 4.79 Å². The molecule has 0 fully saturated rings. The minimum atomic E-state index is -0.245. The molecule has 0 radical (unpaired) electrons. The highest BCUT2D eigenvalue weighted by molar-refractivity contribution is 9.10. The largest absolute Gasteiger partial charge is 0.350 e. The van der Waals surface area contributed by atoms with Crippen LogP contribution in [0.2, 0.25) is 0 Å². The standard InChI is InChI=1S/C20H15BrN4O2/c1-11-7-18(26)25-19(22-11)13-3-2-4-15(8-13)23-20(27)17-9-12-5-6-14(21)10-16(12)24-17/h2-10,24H,1H3,(H,23,27)(H,22,25,26). The van der Waals surface area contributed by atoms with Gasteiger partial charge in [-0.1, -0.05) is 34.1 Å². The van der Waals surface area contributed by atoms with E-state index in [0.29, 0.717) is 28.5 Å². The quantitative estimate of drug-likeness (QED) is 0.460. The number of rotatable bonds is 3. The first kappa shape index (κ1) is 17.2. The number of hydrogen-bond donors (Lipinski definition) is 3. The van der Waals surface area contributed by atoms with Crippen LogP contribution in [-0.4, -0.2) is 20.9 Å². The van der Waals surface area contributed by atoms with Crippen LogP contribution in [-0.2, 0) is 0 Å². The summed E-state index contributed by atoms with van der Waals surface area (Å²) < 4.78 is 0.941. The van der Waals surface area contributed by atoms with E-state index in [1.807, 2.05) is 24.3 Å². The van der Waals surface area contributed by atoms with Crippen molar-refractivity contribution in [3.05, 3.63) is 80.8 Å². The van der Waals surface area contributed by atoms with Gasteiger partial charge in [0.1, 0.15) is 11.5 Å². The number of nitrogens with zero attached hydrogens (tertiary/aromatic N) is 1. The molecule has 0 unspecified atom stereocenters. The lowest BCUT2D eigenvalue weighted by molar-refractivity contribution is 0.102. The van der Waals surface area contributed by atoms with Crippen LogP contribution in [0.15, 0.2) is 63.9 Å². The zero-order chi connectivity index (χ0) is 19.0. The van der Waals surface area contributed by atoms with Crippen molar-refractivity contribution in [2.24, 2.45) is 0 Å². The summed E-state index contributed by atoms with van der Waals surface area (Å²) in [6.07, 6.45) is 0. The van der Waals surface area contributed by atoms with Crippen molar-refractivity contribution >= 4 is 38.4 Å². The fourth-order valence-corrected chi connectivity index (χ4v) is 3.24. The Kier molecular flexibility index (Phi) is 4.37. The lowest BCUT2D eigenvalue weighted by Crippen LogP contribution is -2.12. The Morgan fingerprint density at radius 2 is 1.93 bits per heavy atom. The molecule has 0 atom stereocenters. The minimum absolute atomic E-state index is 0.212. The van der Waals surface area contributed by atoms with E-state index in [2.05, 4.69) is 36.2 Å². The van der Waals surface area contributed by atoms with Gasteiger partial charge < -0.3 is 15.3 Å². The van der Waals surface area contributed by atoms with Crippen LogP contribution in [0.4, 0.5) is 5.69 Å². The smallest absolute Gasteiger partial charge is 0.272 e. The summed E-state index contributed by atoms with van der Waals surface area (Å²) in [6.45, 7) is 1.76. The van der Waals surface area contributed by atoms with Crippen LogP contribution in [0, 0.1) is 6.92 Å². The number of H-pyrrole nitrogens is 2. The molecule has 0 bridgehead atoms. The van der Waals surface area contributed by atoms with Crippen LogP contribution in [0.25, 0.3) is 22.3 Å². The van der Waals surface area contributed by atoms with Gasteiger partial charge in [-0.15, -0.1) is 0 Å². The molecule has 134 valence electrons. The van der Waals surface area contributed by atoms with Crippen LogP contribution < -0.4 is 10.9 Å². The molecular formula is C20H15BrN4O2. The number of benzene rings is 2. The van der Waals surface area contributed by atoms with Crippen molar-refractivity contribution in [1.82, 2.24) is 15.0 Å². The Labute approximate surface area is 162 Å². The van der Waals surface area contributed by atoms with Crippen molar-refractivity contribution in [2.75, 3.05) is 5.32 Å². The van der Waals surface area contributed by atoms with E-state index >= 15 is 0 Å². The van der Waals surface area contributed by atoms with Crippen LogP contribution >= 0.6 is 15.9 Å². The third-order valence-electron chi connectivity index (χ3n) is 4.09. The highest BCUT2D eigenvalue weighted by Gasteiger charge is 2.11. The van der Waals surface area contributed by atoms with Crippen molar-refractivity contribution in [3.8, 4) is 11.4 Å². The number of hydrogen-bond acceptors (Lipinski definition) is 3. The maximum atomic E-state index is 12.6. The maximum absolute atomic E-state index is 12.6. The molecule has 0 spiro atoms. The lowest BCUT2D eigenvalue weighted by Gasteiger charge is -2.07. The summed E-state index contributed by atoms with van der Waals surface area (Å²) in [5.74, 6) is 0.219. The highest BCUT2D eigenvalue weighted by Crippen LogP contribution is 2.22. The number of fused-ring (bicyclic) bond motifs is 1. The molecule has 6 nitrogen and oxygen atoms in total. The van der Waals surface area contributed by atoms with Gasteiger partial charge >= 0.3 is 0 Å². The fraction of sp³-hybridized carbons (Fsp3) is 0.0500. The third-order valence-corrected chi connectivity index (χ3v) is 4.59. The molecule has 0 aliphatic carbocycles. The molecule has 3 N–H and O–H groups in total. The second-order valence-electron chi connectivity index (χ2n) is 6.18. The normalized spacial score (nSPS) is 10.9. The van der Waals surface area contributed by atoms with E-state index in [9.17, 15) is 9.59 Å². The molecule has 0 saturated carbocycles. The Morgan fingerprint density at radius 3 is 2.74 bits per heavy atom. The van der Waals surface area contributed by atoms with Gasteiger partial charge in [0.15, 0.2) is 0 Å². The number of aromatic nitrogens is 3. The van der Waals surface area contributed by atoms with Crippen LogP contribution in [0.3, 0.4) is 0 Å². The summed E-state index contributed by atoms with van der Waals surface area (Å²) in [6, 6.07) is 16.2. The van der Waals surface area contributed by atoms with Crippen LogP contribution in [0.5, 0.6) is 0 Å². The van der Waals surface area contributed by atoms with E-state index in [1.54, 1.807) is 31.2 Å². The fourth-order valence-electron chi connectivity index (χ4n) is 2.88. The summed E-state index contributed by atoms with van der Waals surface area (Å²) >= 11 is 3.42. The first-order valence-corrected chi connectivity index (χ1v) is 9.05. The molecular weight excluding hydrogens is 408 g/mol. The van der Waals surface area contributed by atoms with Crippen molar-refractivity contribution in [1.29, 1.82) is 0 Å². The van der Waals surface area contributed by atoms with E-state index < -0.39 is 0 Å². The number of carbonyl (C=O) groups excluding carboxylic acids is 1. The number of amides is 1. The van der Waals surface area contributed by atoms with Crippen LogP contribution in [0.1, 0.15) is 16.2 Å². The second kappa shape index (κ2) is 6.85. The van der Waals surface area contributed by atoms with E-state index in [-0.39, 0.29) is 11.5 Å². The molecule has 1 amide bonds. The second-order valence-corrected chi connectivity index (χ2v) is 7.10. The Balaban J connectivity index is 1.62. The van der Waals surface area contributed by atoms with Gasteiger partial charge in [-0.2, -0.15) is 0 Å². The van der Waals surface area contributed by atoms with Gasteiger partial charge in [-0.25, -0.2) is 4.98 Å². The minimum Gasteiger partial charge on any atom is -0.350 e. The van der Waals surface area contributed by atoms with E-state index in [0.717, 1.165) is 15.4 Å². The Hall–Kier alpha value is -3.19. The molecule has 4 aromatic rings. The Morgan fingerprint density at radius 1 is 1.07 bits per heavy atom. The molecule has 0 saturated heterocycles. The van der Waals surface area contributed by atoms with E-state index in [4.69, 9.17) is 0 Å². The summed E-state index contributed by atoms with van der Waals surface area (Å²) in [5.41, 5.74) is 3.10. The zero-order valence-corrected chi connectivity index (χ0v) is 15.9. The first-order chi connectivity index (χ1) is 13.0. The predicted molar refractivity (Wildman–Crippen MR) is 109 cm³/mol. The van der Waals surface area contributed by atoms with Gasteiger partial charge in [-0.05, 0) is 37.3 Å². The average Bonchev–Trinajstić information content (AvgIpc) is 3.04. The summed E-state index contributed by atoms with van der Waals surface area (Å²) in [4.78, 5) is 34.4. The summed E-state index contributed by atoms with van der Waals surface area (Å²) in [5, 5.41) is 3.83. The van der Waals surface area contributed by atoms with Gasteiger partial charge in [0, 0.05) is 38.4 Å². The zero-order valence-electron chi connectivity index (χ0n) is 14.3. The maximum Gasteiger partial charge on any atom is 0.272 e. The van der Waals surface area contributed by atoms with Gasteiger partial charge in [-0.3, -0.25) is 9.59 Å². The molecule has 2 heterocycles. The number of anilines is 1. The topological polar surface area (TPSA) is 90.6 Å². The monoisotopic (exact) mass is 422 g/mol. The van der Waals surface area contributed by atoms with Crippen molar-refractivity contribution in [2.45, 2.75) is 6.92 Å². The number of nitrogens with one attached hydrogen (secondary N) is 3. The molecule has 2 aromatic heterocycles. The number of aryl methyl sites for hydroxylation is 1. The Bertz CT molecular complexity index is 1230. The van der Waals surface area contributed by atoms with Crippen molar-refractivity contribution in [3.63, 3.8) is 0 Å². The SMILES string of the molecule is Cc1cc(=O)[nH]c(-c2cccc(NC(=O)c3cc4ccc(Br)cc4[nH]3)c2)n1. The predicted octanol–water partition coefficient (Wildman–Crippen LogP) is 4.24. The number of halogens is 1. The van der Waals surface area contributed by atoms with Gasteiger partial charge in [0.05, 0.1) is 0 Å². The molecule has 2 aromatic carbocycles. The number of aromatic amines is 2. The van der Waals surface area contributed by atoms with E-state index in [1.165, 1.54) is 6.07 Å². The molecule has 27 heavy (non-hydrogen) atoms. The lowest BCUT2D eigenvalue weighted by atomic mass is 10.2. The highest BCUT2D eigenvalue weighted by atomic mass is 79.9. The molecule has 0 aliphatic heterocycles. The molecule has 0 aliphatic rings. The molecule has 7 heteroatoms. The third kappa shape index (κ3) is 3.68. The molecule has 4 rings (SSSR count). The first-order valence-electron chi connectivity index (χ1n) is 8.26. The summed E-state index contributed by atoms with van der Waals surface area (Å²) in [7, 11) is 0. The average molecular weight is 423 g/mol. The van der Waals surface area contributed by atoms with Gasteiger partial charge in [0.2, 0.25) is 0 Å². The number of carbonyl (C=O) groups is 1.